The highest BCUT2D eigenvalue weighted by Crippen LogP contribution is 1.97. The number of esters is 2. The summed E-state index contributed by atoms with van der Waals surface area (Å²) in [6.45, 7) is 5.83. The first-order valence-electron chi connectivity index (χ1n) is 4.95. The molecule has 0 aliphatic heterocycles. The zero-order chi connectivity index (χ0) is 12.4. The summed E-state index contributed by atoms with van der Waals surface area (Å²) in [5, 5.41) is 0. The number of allylic oxidation sites excluding steroid dienone is 1. The van der Waals surface area contributed by atoms with Crippen LogP contribution in [-0.4, -0.2) is 25.2 Å². The Morgan fingerprint density at radius 1 is 1.06 bits per heavy atom. The van der Waals surface area contributed by atoms with Crippen LogP contribution in [0.3, 0.4) is 0 Å². The molecule has 0 spiro atoms. The molecule has 0 fully saturated rings. The third-order valence-corrected chi connectivity index (χ3v) is 1.32. The first-order chi connectivity index (χ1) is 7.60. The third-order valence-electron chi connectivity index (χ3n) is 1.32. The topological polar surface area (TPSA) is 61.8 Å². The molecule has 0 rings (SSSR count). The highest BCUT2D eigenvalue weighted by atomic mass is 16.6. The van der Waals surface area contributed by atoms with Gasteiger partial charge in [0.15, 0.2) is 0 Å². The second-order valence-corrected chi connectivity index (χ2v) is 2.69. The molecule has 0 atom stereocenters. The van der Waals surface area contributed by atoms with Crippen LogP contribution in [-0.2, 0) is 23.8 Å². The molecule has 0 aromatic heterocycles. The number of hydrogen-bond acceptors (Lipinski definition) is 5. The lowest BCUT2D eigenvalue weighted by Gasteiger charge is -2.01. The van der Waals surface area contributed by atoms with Crippen LogP contribution in [0.5, 0.6) is 0 Å². The van der Waals surface area contributed by atoms with E-state index in [0.29, 0.717) is 12.4 Å². The van der Waals surface area contributed by atoms with Gasteiger partial charge in [-0.15, -0.1) is 0 Å². The van der Waals surface area contributed by atoms with E-state index in [1.54, 1.807) is 13.8 Å². The molecule has 5 nitrogen and oxygen atoms in total. The summed E-state index contributed by atoms with van der Waals surface area (Å²) in [6.07, 6.45) is 3.34. The molecule has 0 amide bonds. The highest BCUT2D eigenvalue weighted by molar-refractivity contribution is 5.91. The van der Waals surface area contributed by atoms with Crippen LogP contribution in [0.15, 0.2) is 24.2 Å². The van der Waals surface area contributed by atoms with E-state index >= 15 is 0 Å². The molecule has 5 heteroatoms. The summed E-state index contributed by atoms with van der Waals surface area (Å²) in [7, 11) is 0. The van der Waals surface area contributed by atoms with Gasteiger partial charge in [0.2, 0.25) is 0 Å². The fourth-order valence-electron chi connectivity index (χ4n) is 0.744. The van der Waals surface area contributed by atoms with Gasteiger partial charge in [-0.25, -0.2) is 9.59 Å². The van der Waals surface area contributed by atoms with Crippen molar-refractivity contribution in [1.29, 1.82) is 0 Å². The standard InChI is InChI=1S/C11H16O5/c1-4-14-8-9(3)16-11(13)7-6-10(12)15-5-2/h6-8H,4-5H2,1-3H3/b7-6-,9-8+. The summed E-state index contributed by atoms with van der Waals surface area (Å²) >= 11 is 0. The third kappa shape index (κ3) is 7.61. The average molecular weight is 228 g/mol. The molecule has 16 heavy (non-hydrogen) atoms. The lowest BCUT2D eigenvalue weighted by molar-refractivity contribution is -0.138. The van der Waals surface area contributed by atoms with Gasteiger partial charge in [0.25, 0.3) is 0 Å². The Balaban J connectivity index is 4.03. The molecule has 0 bridgehead atoms. The minimum Gasteiger partial charge on any atom is -0.498 e. The Morgan fingerprint density at radius 3 is 2.25 bits per heavy atom. The highest BCUT2D eigenvalue weighted by Gasteiger charge is 2.01. The lowest BCUT2D eigenvalue weighted by Crippen LogP contribution is -2.03. The molecule has 0 aromatic rings. The first kappa shape index (κ1) is 14.2. The van der Waals surface area contributed by atoms with Gasteiger partial charge < -0.3 is 14.2 Å². The van der Waals surface area contributed by atoms with Crippen molar-refractivity contribution < 1.29 is 23.8 Å². The minimum absolute atomic E-state index is 0.265. The Morgan fingerprint density at radius 2 is 1.69 bits per heavy atom. The maximum atomic E-state index is 11.1. The van der Waals surface area contributed by atoms with Crippen LogP contribution in [0, 0.1) is 0 Å². The van der Waals surface area contributed by atoms with Gasteiger partial charge in [0.05, 0.1) is 13.2 Å². The molecule has 0 unspecified atom stereocenters. The zero-order valence-corrected chi connectivity index (χ0v) is 9.69. The minimum atomic E-state index is -0.651. The first-order valence-corrected chi connectivity index (χ1v) is 4.95. The summed E-state index contributed by atoms with van der Waals surface area (Å²) in [5.41, 5.74) is 0. The van der Waals surface area contributed by atoms with E-state index in [2.05, 4.69) is 4.74 Å². The Labute approximate surface area is 94.7 Å². The largest absolute Gasteiger partial charge is 0.498 e. The predicted molar refractivity (Wildman–Crippen MR) is 57.2 cm³/mol. The molecule has 0 aliphatic rings. The van der Waals surface area contributed by atoms with Gasteiger partial charge in [0.1, 0.15) is 12.0 Å². The summed E-state index contributed by atoms with van der Waals surface area (Å²) in [5.74, 6) is -0.909. The quantitative estimate of drug-likeness (QED) is 0.392. The van der Waals surface area contributed by atoms with Crippen molar-refractivity contribution in [1.82, 2.24) is 0 Å². The van der Waals surface area contributed by atoms with Crippen LogP contribution in [0.1, 0.15) is 20.8 Å². The van der Waals surface area contributed by atoms with Crippen LogP contribution >= 0.6 is 0 Å². The summed E-state index contributed by atoms with van der Waals surface area (Å²) < 4.78 is 14.3. The Kier molecular flexibility index (Phi) is 7.57. The van der Waals surface area contributed by atoms with Crippen molar-refractivity contribution in [2.24, 2.45) is 0 Å². The maximum absolute atomic E-state index is 11.1. The molecule has 0 heterocycles. The van der Waals surface area contributed by atoms with Gasteiger partial charge >= 0.3 is 11.9 Å². The number of carbonyl (C=O) groups excluding carboxylic acids is 2. The van der Waals surface area contributed by atoms with E-state index < -0.39 is 11.9 Å². The van der Waals surface area contributed by atoms with Crippen LogP contribution in [0.2, 0.25) is 0 Å². The maximum Gasteiger partial charge on any atom is 0.336 e. The monoisotopic (exact) mass is 228 g/mol. The molecule has 0 aliphatic carbocycles. The summed E-state index contributed by atoms with van der Waals surface area (Å²) in [4.78, 5) is 22.0. The number of ether oxygens (including phenoxy) is 3. The Hall–Kier alpha value is -1.78. The van der Waals surface area contributed by atoms with E-state index in [1.165, 1.54) is 6.26 Å². The molecule has 0 N–H and O–H groups in total. The van der Waals surface area contributed by atoms with Gasteiger partial charge in [-0.1, -0.05) is 0 Å². The van der Waals surface area contributed by atoms with Crippen LogP contribution in [0.25, 0.3) is 0 Å². The normalized spacial score (nSPS) is 11.3. The number of rotatable bonds is 6. The average Bonchev–Trinajstić information content (AvgIpc) is 2.24. The molecule has 0 aromatic carbocycles. The van der Waals surface area contributed by atoms with Crippen molar-refractivity contribution in [3.8, 4) is 0 Å². The molecule has 0 radical (unpaired) electrons. The van der Waals surface area contributed by atoms with E-state index in [4.69, 9.17) is 9.47 Å². The van der Waals surface area contributed by atoms with Crippen LogP contribution in [0.4, 0.5) is 0 Å². The second-order valence-electron chi connectivity index (χ2n) is 2.69. The SMILES string of the molecule is CCO/C=C(\C)OC(=O)/C=C\C(=O)OCC. The van der Waals surface area contributed by atoms with Crippen molar-refractivity contribution in [3.05, 3.63) is 24.2 Å². The van der Waals surface area contributed by atoms with E-state index in [1.807, 2.05) is 6.92 Å². The number of hydrogen-bond donors (Lipinski definition) is 0. The molecular weight excluding hydrogens is 212 g/mol. The zero-order valence-electron chi connectivity index (χ0n) is 9.69. The van der Waals surface area contributed by atoms with E-state index in [0.717, 1.165) is 12.2 Å². The van der Waals surface area contributed by atoms with E-state index in [-0.39, 0.29) is 6.61 Å². The lowest BCUT2D eigenvalue weighted by atomic mass is 10.5. The van der Waals surface area contributed by atoms with Crippen molar-refractivity contribution in [2.45, 2.75) is 20.8 Å². The van der Waals surface area contributed by atoms with E-state index in [9.17, 15) is 9.59 Å². The van der Waals surface area contributed by atoms with Gasteiger partial charge in [-0.05, 0) is 20.8 Å². The van der Waals surface area contributed by atoms with Gasteiger partial charge in [-0.3, -0.25) is 0 Å². The fraction of sp³-hybridized carbons (Fsp3) is 0.455. The van der Waals surface area contributed by atoms with Crippen molar-refractivity contribution in [2.75, 3.05) is 13.2 Å². The fourth-order valence-corrected chi connectivity index (χ4v) is 0.744. The predicted octanol–water partition coefficient (Wildman–Crippen LogP) is 1.55. The summed E-state index contributed by atoms with van der Waals surface area (Å²) in [6, 6.07) is 0. The molecule has 0 saturated carbocycles. The van der Waals surface area contributed by atoms with Crippen molar-refractivity contribution in [3.63, 3.8) is 0 Å². The Bertz CT molecular complexity index is 291. The second kappa shape index (κ2) is 8.52. The molecule has 90 valence electrons. The smallest absolute Gasteiger partial charge is 0.336 e. The number of carbonyl (C=O) groups is 2. The molecule has 0 saturated heterocycles. The van der Waals surface area contributed by atoms with Crippen molar-refractivity contribution >= 4 is 11.9 Å². The van der Waals surface area contributed by atoms with Gasteiger partial charge in [-0.2, -0.15) is 0 Å². The van der Waals surface area contributed by atoms with Gasteiger partial charge in [0, 0.05) is 12.2 Å². The molecular formula is C11H16O5. The van der Waals surface area contributed by atoms with Crippen LogP contribution < -0.4 is 0 Å².